The summed E-state index contributed by atoms with van der Waals surface area (Å²) < 4.78 is 0. The summed E-state index contributed by atoms with van der Waals surface area (Å²) in [6, 6.07) is 5.14. The SMILES string of the molecule is CC(O)C(c1ccc2c(C(N)=O)c(CC(N)=O)[nH]c2c1)C(C)O. The molecule has 0 bridgehead atoms. The molecule has 0 spiro atoms. The van der Waals surface area contributed by atoms with Crippen LogP contribution in [0.5, 0.6) is 0 Å². The highest BCUT2D eigenvalue weighted by Gasteiger charge is 2.24. The largest absolute Gasteiger partial charge is 0.393 e. The molecule has 7 heteroatoms. The fourth-order valence-corrected chi connectivity index (χ4v) is 3.03. The second-order valence-corrected chi connectivity index (χ2v) is 5.80. The smallest absolute Gasteiger partial charge is 0.251 e. The summed E-state index contributed by atoms with van der Waals surface area (Å²) in [6.45, 7) is 3.20. The Bertz CT molecular complexity index is 741. The van der Waals surface area contributed by atoms with Crippen molar-refractivity contribution in [3.63, 3.8) is 0 Å². The van der Waals surface area contributed by atoms with Gasteiger partial charge in [0.05, 0.1) is 24.2 Å². The predicted octanol–water partition coefficient (Wildman–Crippen LogP) is 0.140. The third kappa shape index (κ3) is 3.35. The summed E-state index contributed by atoms with van der Waals surface area (Å²) in [5, 5.41) is 20.3. The fraction of sp³-hybridized carbons (Fsp3) is 0.375. The number of fused-ring (bicyclic) bond motifs is 1. The number of aromatic nitrogens is 1. The molecule has 1 aromatic heterocycles. The number of hydrogen-bond donors (Lipinski definition) is 5. The minimum absolute atomic E-state index is 0.126. The molecule has 7 N–H and O–H groups in total. The average molecular weight is 319 g/mol. The number of aromatic amines is 1. The van der Waals surface area contributed by atoms with Crippen molar-refractivity contribution in [2.24, 2.45) is 11.5 Å². The van der Waals surface area contributed by atoms with Crippen LogP contribution in [0.15, 0.2) is 18.2 Å². The highest BCUT2D eigenvalue weighted by atomic mass is 16.3. The van der Waals surface area contributed by atoms with Gasteiger partial charge in [0, 0.05) is 22.5 Å². The van der Waals surface area contributed by atoms with Gasteiger partial charge >= 0.3 is 0 Å². The van der Waals surface area contributed by atoms with E-state index in [1.54, 1.807) is 32.0 Å². The number of H-pyrrole nitrogens is 1. The number of aliphatic hydroxyl groups is 2. The summed E-state index contributed by atoms with van der Waals surface area (Å²) >= 11 is 0. The van der Waals surface area contributed by atoms with Gasteiger partial charge in [-0.2, -0.15) is 0 Å². The van der Waals surface area contributed by atoms with E-state index in [1.165, 1.54) is 0 Å². The third-order valence-electron chi connectivity index (χ3n) is 3.92. The summed E-state index contributed by atoms with van der Waals surface area (Å²) in [5.74, 6) is -1.70. The number of amides is 2. The average Bonchev–Trinajstić information content (AvgIpc) is 2.73. The molecule has 0 aliphatic rings. The second-order valence-electron chi connectivity index (χ2n) is 5.80. The minimum Gasteiger partial charge on any atom is -0.393 e. The lowest BCUT2D eigenvalue weighted by atomic mass is 9.89. The van der Waals surface area contributed by atoms with E-state index in [2.05, 4.69) is 4.98 Å². The van der Waals surface area contributed by atoms with Gasteiger partial charge in [0.25, 0.3) is 5.91 Å². The normalized spacial score (nSPS) is 15.3. The van der Waals surface area contributed by atoms with E-state index < -0.39 is 29.9 Å². The van der Waals surface area contributed by atoms with Crippen molar-refractivity contribution in [1.29, 1.82) is 0 Å². The zero-order chi connectivity index (χ0) is 17.3. The zero-order valence-corrected chi connectivity index (χ0v) is 13.0. The molecule has 0 aliphatic carbocycles. The maximum Gasteiger partial charge on any atom is 0.251 e. The van der Waals surface area contributed by atoms with Crippen LogP contribution in [0.1, 0.15) is 41.4 Å². The van der Waals surface area contributed by atoms with Crippen molar-refractivity contribution >= 4 is 22.7 Å². The van der Waals surface area contributed by atoms with Gasteiger partial charge in [-0.05, 0) is 25.5 Å². The van der Waals surface area contributed by atoms with Gasteiger partial charge in [0.15, 0.2) is 0 Å². The molecule has 2 rings (SSSR count). The predicted molar refractivity (Wildman–Crippen MR) is 85.8 cm³/mol. The highest BCUT2D eigenvalue weighted by molar-refractivity contribution is 6.08. The number of rotatable bonds is 6. The van der Waals surface area contributed by atoms with Crippen LogP contribution in [0.4, 0.5) is 0 Å². The maximum atomic E-state index is 11.7. The topological polar surface area (TPSA) is 142 Å². The Balaban J connectivity index is 2.60. The molecule has 0 aliphatic heterocycles. The quantitative estimate of drug-likeness (QED) is 0.516. The first kappa shape index (κ1) is 17.0. The number of nitrogens with two attached hydrogens (primary N) is 2. The van der Waals surface area contributed by atoms with E-state index in [0.717, 1.165) is 0 Å². The number of aliphatic hydroxyl groups excluding tert-OH is 2. The molecule has 0 saturated heterocycles. The van der Waals surface area contributed by atoms with E-state index in [0.29, 0.717) is 22.2 Å². The number of nitrogens with one attached hydrogen (secondary N) is 1. The van der Waals surface area contributed by atoms with Crippen LogP contribution in [-0.2, 0) is 11.2 Å². The summed E-state index contributed by atoms with van der Waals surface area (Å²) in [4.78, 5) is 25.8. The zero-order valence-electron chi connectivity index (χ0n) is 13.0. The van der Waals surface area contributed by atoms with Gasteiger partial charge in [-0.1, -0.05) is 12.1 Å². The van der Waals surface area contributed by atoms with Crippen molar-refractivity contribution in [2.75, 3.05) is 0 Å². The Morgan fingerprint density at radius 3 is 2.26 bits per heavy atom. The lowest BCUT2D eigenvalue weighted by Gasteiger charge is -2.23. The minimum atomic E-state index is -0.747. The van der Waals surface area contributed by atoms with Gasteiger partial charge in [-0.3, -0.25) is 9.59 Å². The van der Waals surface area contributed by atoms with Gasteiger partial charge in [0.1, 0.15) is 0 Å². The molecule has 2 aromatic rings. The van der Waals surface area contributed by atoms with Crippen molar-refractivity contribution in [3.05, 3.63) is 35.0 Å². The molecule has 23 heavy (non-hydrogen) atoms. The third-order valence-corrected chi connectivity index (χ3v) is 3.92. The fourth-order valence-electron chi connectivity index (χ4n) is 3.03. The Morgan fingerprint density at radius 2 is 1.78 bits per heavy atom. The van der Waals surface area contributed by atoms with Crippen molar-refractivity contribution in [2.45, 2.75) is 38.4 Å². The van der Waals surface area contributed by atoms with E-state index in [4.69, 9.17) is 11.5 Å². The molecule has 2 amide bonds. The van der Waals surface area contributed by atoms with Gasteiger partial charge < -0.3 is 26.7 Å². The molecule has 2 unspecified atom stereocenters. The molecular weight excluding hydrogens is 298 g/mol. The number of carbonyl (C=O) groups excluding carboxylic acids is 2. The first-order valence-corrected chi connectivity index (χ1v) is 7.31. The van der Waals surface area contributed by atoms with Crippen LogP contribution >= 0.6 is 0 Å². The van der Waals surface area contributed by atoms with E-state index in [-0.39, 0.29) is 12.0 Å². The Labute approximate surface area is 133 Å². The Hall–Kier alpha value is -2.38. The van der Waals surface area contributed by atoms with Crippen molar-refractivity contribution in [3.8, 4) is 0 Å². The van der Waals surface area contributed by atoms with Gasteiger partial charge in [0.2, 0.25) is 5.91 Å². The number of carbonyl (C=O) groups is 2. The lowest BCUT2D eigenvalue weighted by molar-refractivity contribution is -0.117. The molecule has 1 heterocycles. The van der Waals surface area contributed by atoms with E-state index in [9.17, 15) is 19.8 Å². The van der Waals surface area contributed by atoms with Gasteiger partial charge in [-0.25, -0.2) is 0 Å². The number of primary amides is 2. The number of benzene rings is 1. The number of hydrogen-bond acceptors (Lipinski definition) is 4. The molecule has 124 valence electrons. The highest BCUT2D eigenvalue weighted by Crippen LogP contribution is 2.29. The van der Waals surface area contributed by atoms with Crippen LogP contribution < -0.4 is 11.5 Å². The van der Waals surface area contributed by atoms with Crippen molar-refractivity contribution in [1.82, 2.24) is 4.98 Å². The molecule has 0 radical (unpaired) electrons. The summed E-state index contributed by atoms with van der Waals surface area (Å²) in [6.07, 6.45) is -1.62. The van der Waals surface area contributed by atoms with Crippen LogP contribution in [-0.4, -0.2) is 39.2 Å². The second kappa shape index (κ2) is 6.39. The summed E-state index contributed by atoms with van der Waals surface area (Å²) in [7, 11) is 0. The van der Waals surface area contributed by atoms with Crippen molar-refractivity contribution < 1.29 is 19.8 Å². The molecule has 2 atom stereocenters. The first-order valence-electron chi connectivity index (χ1n) is 7.31. The monoisotopic (exact) mass is 319 g/mol. The standard InChI is InChI=1S/C16H21N3O4/c1-7(20)14(8(2)21)9-3-4-10-11(5-9)19-12(6-13(17)22)15(10)16(18)23/h3-5,7-8,14,19-21H,6H2,1-2H3,(H2,17,22)(H2,18,23). The molecule has 0 fully saturated rings. The maximum absolute atomic E-state index is 11.7. The molecule has 1 aromatic carbocycles. The van der Waals surface area contributed by atoms with E-state index >= 15 is 0 Å². The van der Waals surface area contributed by atoms with Gasteiger partial charge in [-0.15, -0.1) is 0 Å². The molecule has 0 saturated carbocycles. The van der Waals surface area contributed by atoms with Crippen LogP contribution in [0.25, 0.3) is 10.9 Å². The van der Waals surface area contributed by atoms with Crippen LogP contribution in [0.3, 0.4) is 0 Å². The van der Waals surface area contributed by atoms with Crippen LogP contribution in [0, 0.1) is 0 Å². The van der Waals surface area contributed by atoms with Crippen LogP contribution in [0.2, 0.25) is 0 Å². The Morgan fingerprint density at radius 1 is 1.17 bits per heavy atom. The van der Waals surface area contributed by atoms with E-state index in [1.807, 2.05) is 0 Å². The molecule has 7 nitrogen and oxygen atoms in total. The lowest BCUT2D eigenvalue weighted by Crippen LogP contribution is -2.25. The summed E-state index contributed by atoms with van der Waals surface area (Å²) in [5.41, 5.74) is 12.5. The first-order chi connectivity index (χ1) is 10.7. The Kier molecular flexibility index (Phi) is 4.72. The molecular formula is C16H21N3O4.